The largest absolute Gasteiger partial charge is 0.496 e. The third-order valence-corrected chi connectivity index (χ3v) is 3.79. The van der Waals surface area contributed by atoms with Gasteiger partial charge in [0, 0.05) is 24.3 Å². The second-order valence-corrected chi connectivity index (χ2v) is 5.04. The van der Waals surface area contributed by atoms with Crippen LogP contribution in [0.2, 0.25) is 0 Å². The van der Waals surface area contributed by atoms with Gasteiger partial charge in [0.1, 0.15) is 5.75 Å². The zero-order valence-electron chi connectivity index (χ0n) is 11.5. The van der Waals surface area contributed by atoms with E-state index in [4.69, 9.17) is 9.47 Å². The standard InChI is InChI=1S/C15H23NO2/c1-11(13-8-9-18-10-13)16-12(2)14-6-4-5-7-15(14)17-3/h4-7,11-13,16H,8-10H2,1-3H3/t11?,12-,13?/m0/s1. The molecule has 100 valence electrons. The predicted octanol–water partition coefficient (Wildman–Crippen LogP) is 2.77. The fourth-order valence-corrected chi connectivity index (χ4v) is 2.59. The van der Waals surface area contributed by atoms with E-state index in [1.54, 1.807) is 7.11 Å². The molecule has 0 aliphatic carbocycles. The first-order chi connectivity index (χ1) is 8.72. The first-order valence-electron chi connectivity index (χ1n) is 6.69. The summed E-state index contributed by atoms with van der Waals surface area (Å²) in [5, 5.41) is 3.65. The lowest BCUT2D eigenvalue weighted by molar-refractivity contribution is 0.177. The van der Waals surface area contributed by atoms with Crippen LogP contribution in [-0.4, -0.2) is 26.4 Å². The average Bonchev–Trinajstić information content (AvgIpc) is 2.92. The van der Waals surface area contributed by atoms with Gasteiger partial charge in [0.25, 0.3) is 0 Å². The van der Waals surface area contributed by atoms with Gasteiger partial charge in [-0.2, -0.15) is 0 Å². The van der Waals surface area contributed by atoms with E-state index in [-0.39, 0.29) is 6.04 Å². The Kier molecular flexibility index (Phi) is 4.61. The van der Waals surface area contributed by atoms with Crippen LogP contribution in [-0.2, 0) is 4.74 Å². The third-order valence-electron chi connectivity index (χ3n) is 3.79. The second kappa shape index (κ2) is 6.21. The zero-order valence-corrected chi connectivity index (χ0v) is 11.5. The molecule has 0 bridgehead atoms. The molecule has 0 amide bonds. The van der Waals surface area contributed by atoms with E-state index in [1.165, 1.54) is 5.56 Å². The molecule has 2 unspecified atom stereocenters. The molecule has 1 fully saturated rings. The van der Waals surface area contributed by atoms with Gasteiger partial charge in [-0.25, -0.2) is 0 Å². The fraction of sp³-hybridized carbons (Fsp3) is 0.600. The minimum atomic E-state index is 0.289. The van der Waals surface area contributed by atoms with Gasteiger partial charge in [0.05, 0.1) is 13.7 Å². The lowest BCUT2D eigenvalue weighted by Gasteiger charge is -2.25. The van der Waals surface area contributed by atoms with Crippen LogP contribution < -0.4 is 10.1 Å². The van der Waals surface area contributed by atoms with Crippen LogP contribution in [0.15, 0.2) is 24.3 Å². The minimum Gasteiger partial charge on any atom is -0.496 e. The van der Waals surface area contributed by atoms with Crippen LogP contribution in [0.4, 0.5) is 0 Å². The number of hydrogen-bond acceptors (Lipinski definition) is 3. The van der Waals surface area contributed by atoms with Gasteiger partial charge in [-0.05, 0) is 32.3 Å². The molecule has 1 saturated heterocycles. The van der Waals surface area contributed by atoms with Crippen molar-refractivity contribution in [3.05, 3.63) is 29.8 Å². The predicted molar refractivity (Wildman–Crippen MR) is 72.9 cm³/mol. The van der Waals surface area contributed by atoms with E-state index < -0.39 is 0 Å². The maximum absolute atomic E-state index is 5.45. The summed E-state index contributed by atoms with van der Waals surface area (Å²) in [4.78, 5) is 0. The molecule has 3 nitrogen and oxygen atoms in total. The molecule has 1 aliphatic rings. The molecular formula is C15H23NO2. The molecule has 2 rings (SSSR count). The highest BCUT2D eigenvalue weighted by Crippen LogP contribution is 2.26. The van der Waals surface area contributed by atoms with E-state index in [0.29, 0.717) is 12.0 Å². The summed E-state index contributed by atoms with van der Waals surface area (Å²) in [5.41, 5.74) is 1.21. The van der Waals surface area contributed by atoms with Gasteiger partial charge in [-0.3, -0.25) is 0 Å². The van der Waals surface area contributed by atoms with E-state index in [2.05, 4.69) is 31.3 Å². The Bertz CT molecular complexity index is 375. The summed E-state index contributed by atoms with van der Waals surface area (Å²) in [5.74, 6) is 1.58. The van der Waals surface area contributed by atoms with E-state index in [9.17, 15) is 0 Å². The molecule has 3 atom stereocenters. The summed E-state index contributed by atoms with van der Waals surface area (Å²) in [7, 11) is 1.72. The van der Waals surface area contributed by atoms with Crippen molar-refractivity contribution in [1.29, 1.82) is 0 Å². The highest BCUT2D eigenvalue weighted by molar-refractivity contribution is 5.35. The molecule has 1 aliphatic heterocycles. The van der Waals surface area contributed by atoms with Crippen molar-refractivity contribution in [2.75, 3.05) is 20.3 Å². The van der Waals surface area contributed by atoms with Crippen molar-refractivity contribution in [1.82, 2.24) is 5.32 Å². The Morgan fingerprint density at radius 3 is 2.78 bits per heavy atom. The van der Waals surface area contributed by atoms with Crippen LogP contribution in [0.25, 0.3) is 0 Å². The molecule has 0 aromatic heterocycles. The van der Waals surface area contributed by atoms with Gasteiger partial charge >= 0.3 is 0 Å². The fourth-order valence-electron chi connectivity index (χ4n) is 2.59. The smallest absolute Gasteiger partial charge is 0.123 e. The summed E-state index contributed by atoms with van der Waals surface area (Å²) in [6.07, 6.45) is 1.16. The topological polar surface area (TPSA) is 30.5 Å². The molecule has 0 spiro atoms. The lowest BCUT2D eigenvalue weighted by atomic mass is 9.98. The Labute approximate surface area is 109 Å². The quantitative estimate of drug-likeness (QED) is 0.870. The maximum atomic E-state index is 5.45. The van der Waals surface area contributed by atoms with Crippen LogP contribution >= 0.6 is 0 Å². The highest BCUT2D eigenvalue weighted by atomic mass is 16.5. The second-order valence-electron chi connectivity index (χ2n) is 5.04. The third kappa shape index (κ3) is 3.03. The Balaban J connectivity index is 1.99. The van der Waals surface area contributed by atoms with Gasteiger partial charge < -0.3 is 14.8 Å². The van der Waals surface area contributed by atoms with Crippen molar-refractivity contribution in [3.8, 4) is 5.75 Å². The summed E-state index contributed by atoms with van der Waals surface area (Å²) >= 11 is 0. The lowest BCUT2D eigenvalue weighted by Crippen LogP contribution is -2.35. The monoisotopic (exact) mass is 249 g/mol. The molecule has 0 saturated carbocycles. The van der Waals surface area contributed by atoms with Crippen molar-refractivity contribution in [2.45, 2.75) is 32.4 Å². The molecular weight excluding hydrogens is 226 g/mol. The van der Waals surface area contributed by atoms with Crippen molar-refractivity contribution >= 4 is 0 Å². The van der Waals surface area contributed by atoms with Gasteiger partial charge in [-0.15, -0.1) is 0 Å². The highest BCUT2D eigenvalue weighted by Gasteiger charge is 2.24. The number of ether oxygens (including phenoxy) is 2. The average molecular weight is 249 g/mol. The van der Waals surface area contributed by atoms with Crippen molar-refractivity contribution in [2.24, 2.45) is 5.92 Å². The first-order valence-corrected chi connectivity index (χ1v) is 6.69. The van der Waals surface area contributed by atoms with Crippen LogP contribution in [0.5, 0.6) is 5.75 Å². The van der Waals surface area contributed by atoms with E-state index in [1.807, 2.05) is 12.1 Å². The van der Waals surface area contributed by atoms with Crippen LogP contribution in [0, 0.1) is 5.92 Å². The number of methoxy groups -OCH3 is 1. The SMILES string of the molecule is COc1ccccc1[C@H](C)NC(C)C1CCOC1. The van der Waals surface area contributed by atoms with Crippen molar-refractivity contribution < 1.29 is 9.47 Å². The first kappa shape index (κ1) is 13.4. The normalized spacial score (nSPS) is 22.7. The molecule has 1 N–H and O–H groups in total. The van der Waals surface area contributed by atoms with Crippen LogP contribution in [0.1, 0.15) is 31.9 Å². The Hall–Kier alpha value is -1.06. The molecule has 18 heavy (non-hydrogen) atoms. The van der Waals surface area contributed by atoms with Gasteiger partial charge in [0.2, 0.25) is 0 Å². The molecule has 1 heterocycles. The van der Waals surface area contributed by atoms with E-state index >= 15 is 0 Å². The summed E-state index contributed by atoms with van der Waals surface area (Å²) < 4.78 is 10.9. The number of para-hydroxylation sites is 1. The Morgan fingerprint density at radius 1 is 1.33 bits per heavy atom. The number of rotatable bonds is 5. The minimum absolute atomic E-state index is 0.289. The van der Waals surface area contributed by atoms with Crippen LogP contribution in [0.3, 0.4) is 0 Å². The summed E-state index contributed by atoms with van der Waals surface area (Å²) in [6.45, 7) is 6.21. The number of benzene rings is 1. The van der Waals surface area contributed by atoms with Crippen molar-refractivity contribution in [3.63, 3.8) is 0 Å². The Morgan fingerprint density at radius 2 is 2.11 bits per heavy atom. The molecule has 3 heteroatoms. The van der Waals surface area contributed by atoms with Gasteiger partial charge in [-0.1, -0.05) is 18.2 Å². The maximum Gasteiger partial charge on any atom is 0.123 e. The number of nitrogens with one attached hydrogen (secondary N) is 1. The molecule has 1 aromatic rings. The van der Waals surface area contributed by atoms with E-state index in [0.717, 1.165) is 25.4 Å². The molecule has 1 aromatic carbocycles. The van der Waals surface area contributed by atoms with Gasteiger partial charge in [0.15, 0.2) is 0 Å². The molecule has 0 radical (unpaired) electrons. The zero-order chi connectivity index (χ0) is 13.0. The summed E-state index contributed by atoms with van der Waals surface area (Å²) in [6, 6.07) is 8.94. The number of hydrogen-bond donors (Lipinski definition) is 1.